The summed E-state index contributed by atoms with van der Waals surface area (Å²) in [5.74, 6) is 0.448. The number of hydrogen-bond donors (Lipinski definition) is 4. The van der Waals surface area contributed by atoms with Crippen LogP contribution in [0.3, 0.4) is 0 Å². The molecule has 1 saturated heterocycles. The van der Waals surface area contributed by atoms with Gasteiger partial charge in [0.25, 0.3) is 0 Å². The van der Waals surface area contributed by atoms with Gasteiger partial charge in [0.15, 0.2) is 0 Å². The maximum atomic E-state index is 9.98. The fourth-order valence-corrected chi connectivity index (χ4v) is 2.95. The Morgan fingerprint density at radius 2 is 1.65 bits per heavy atom. The summed E-state index contributed by atoms with van der Waals surface area (Å²) in [5, 5.41) is 40.6. The third-order valence-corrected chi connectivity index (χ3v) is 4.37. The van der Waals surface area contributed by atoms with E-state index >= 15 is 0 Å². The van der Waals surface area contributed by atoms with Crippen molar-refractivity contribution in [1.82, 2.24) is 0 Å². The van der Waals surface area contributed by atoms with E-state index in [1.54, 1.807) is 12.1 Å². The number of benzene rings is 2. The average Bonchev–Trinajstić information content (AvgIpc) is 2.55. The van der Waals surface area contributed by atoms with E-state index < -0.39 is 37.3 Å². The topological polar surface area (TPSA) is 99.4 Å². The SMILES string of the molecule is OC[C@@H]1O[C@H](Oc2ccc3cc(Br)ccc3c2)[C@@H](O)[C@H](O)[C@H]1O. The molecular formula is C16H17BrO6. The van der Waals surface area contributed by atoms with Crippen LogP contribution in [-0.2, 0) is 4.74 Å². The molecule has 2 aromatic rings. The molecule has 0 bridgehead atoms. The Balaban J connectivity index is 1.81. The van der Waals surface area contributed by atoms with Crippen LogP contribution < -0.4 is 4.74 Å². The van der Waals surface area contributed by atoms with Crippen molar-refractivity contribution in [2.24, 2.45) is 0 Å². The molecule has 1 aliphatic heterocycles. The highest BCUT2D eigenvalue weighted by Crippen LogP contribution is 2.28. The second kappa shape index (κ2) is 6.72. The molecule has 3 rings (SSSR count). The van der Waals surface area contributed by atoms with Gasteiger partial charge in [-0.15, -0.1) is 0 Å². The predicted octanol–water partition coefficient (Wildman–Crippen LogP) is 0.781. The summed E-state index contributed by atoms with van der Waals surface area (Å²) in [4.78, 5) is 0. The van der Waals surface area contributed by atoms with Crippen LogP contribution >= 0.6 is 15.9 Å². The normalized spacial score (nSPS) is 31.3. The summed E-state index contributed by atoms with van der Waals surface area (Å²) >= 11 is 3.41. The van der Waals surface area contributed by atoms with Crippen LogP contribution in [0.4, 0.5) is 0 Å². The number of aliphatic hydroxyl groups excluding tert-OH is 4. The highest BCUT2D eigenvalue weighted by molar-refractivity contribution is 9.10. The van der Waals surface area contributed by atoms with Crippen molar-refractivity contribution in [2.75, 3.05) is 6.61 Å². The molecule has 1 heterocycles. The van der Waals surface area contributed by atoms with E-state index in [4.69, 9.17) is 9.47 Å². The van der Waals surface area contributed by atoms with Gasteiger partial charge in [-0.25, -0.2) is 0 Å². The quantitative estimate of drug-likeness (QED) is 0.624. The summed E-state index contributed by atoms with van der Waals surface area (Å²) in [6.45, 7) is -0.490. The molecule has 0 aliphatic carbocycles. The molecule has 0 radical (unpaired) electrons. The Kier molecular flexibility index (Phi) is 4.86. The maximum Gasteiger partial charge on any atom is 0.229 e. The third kappa shape index (κ3) is 3.35. The molecule has 124 valence electrons. The second-order valence-corrected chi connectivity index (χ2v) is 6.38. The van der Waals surface area contributed by atoms with Crippen molar-refractivity contribution < 1.29 is 29.9 Å². The van der Waals surface area contributed by atoms with Crippen molar-refractivity contribution in [3.05, 3.63) is 40.9 Å². The average molecular weight is 385 g/mol. The van der Waals surface area contributed by atoms with Gasteiger partial charge in [0, 0.05) is 4.47 Å². The van der Waals surface area contributed by atoms with Crippen LogP contribution in [0.15, 0.2) is 40.9 Å². The van der Waals surface area contributed by atoms with E-state index in [1.165, 1.54) is 0 Å². The number of aliphatic hydroxyl groups is 4. The van der Waals surface area contributed by atoms with E-state index in [-0.39, 0.29) is 0 Å². The number of ether oxygens (including phenoxy) is 2. The highest BCUT2D eigenvalue weighted by Gasteiger charge is 2.44. The number of hydrogen-bond acceptors (Lipinski definition) is 6. The van der Waals surface area contributed by atoms with Crippen molar-refractivity contribution in [3.8, 4) is 5.75 Å². The zero-order valence-corrected chi connectivity index (χ0v) is 13.6. The first-order chi connectivity index (χ1) is 11.0. The number of rotatable bonds is 3. The van der Waals surface area contributed by atoms with E-state index in [0.29, 0.717) is 5.75 Å². The zero-order valence-electron chi connectivity index (χ0n) is 12.0. The molecule has 0 amide bonds. The van der Waals surface area contributed by atoms with Crippen LogP contribution in [-0.4, -0.2) is 57.7 Å². The molecule has 0 aromatic heterocycles. The zero-order chi connectivity index (χ0) is 16.6. The Hall–Kier alpha value is -1.22. The van der Waals surface area contributed by atoms with E-state index in [2.05, 4.69) is 15.9 Å². The molecule has 5 atom stereocenters. The molecule has 23 heavy (non-hydrogen) atoms. The Morgan fingerprint density at radius 1 is 0.957 bits per heavy atom. The molecule has 7 heteroatoms. The fraction of sp³-hybridized carbons (Fsp3) is 0.375. The molecule has 0 spiro atoms. The first-order valence-corrected chi connectivity index (χ1v) is 7.95. The van der Waals surface area contributed by atoms with E-state index in [9.17, 15) is 20.4 Å². The smallest absolute Gasteiger partial charge is 0.229 e. The van der Waals surface area contributed by atoms with Gasteiger partial charge in [0.05, 0.1) is 6.61 Å². The Morgan fingerprint density at radius 3 is 2.39 bits per heavy atom. The van der Waals surface area contributed by atoms with Crippen LogP contribution in [0.5, 0.6) is 5.75 Å². The maximum absolute atomic E-state index is 9.98. The van der Waals surface area contributed by atoms with Gasteiger partial charge in [0.1, 0.15) is 30.2 Å². The monoisotopic (exact) mass is 384 g/mol. The first-order valence-electron chi connectivity index (χ1n) is 7.16. The molecule has 1 fully saturated rings. The first kappa shape index (κ1) is 16.6. The van der Waals surface area contributed by atoms with Gasteiger partial charge in [-0.3, -0.25) is 0 Å². The van der Waals surface area contributed by atoms with Crippen LogP contribution in [0.1, 0.15) is 0 Å². The van der Waals surface area contributed by atoms with Gasteiger partial charge in [-0.1, -0.05) is 28.1 Å². The summed E-state index contributed by atoms with van der Waals surface area (Å²) in [6, 6.07) is 11.1. The van der Waals surface area contributed by atoms with Crippen molar-refractivity contribution >= 4 is 26.7 Å². The lowest BCUT2D eigenvalue weighted by Gasteiger charge is -2.39. The van der Waals surface area contributed by atoms with Gasteiger partial charge >= 0.3 is 0 Å². The van der Waals surface area contributed by atoms with E-state index in [0.717, 1.165) is 15.2 Å². The Labute approximate surface area is 141 Å². The fourth-order valence-electron chi connectivity index (χ4n) is 2.57. The molecule has 6 nitrogen and oxygen atoms in total. The molecule has 0 unspecified atom stereocenters. The Bertz CT molecular complexity index is 691. The summed E-state index contributed by atoms with van der Waals surface area (Å²) in [7, 11) is 0. The molecule has 0 saturated carbocycles. The lowest BCUT2D eigenvalue weighted by Crippen LogP contribution is -2.60. The van der Waals surface area contributed by atoms with E-state index in [1.807, 2.05) is 24.3 Å². The standard InChI is InChI=1S/C16H17BrO6/c17-10-3-1-9-6-11(4-2-8(9)5-10)22-16-15(21)14(20)13(19)12(7-18)23-16/h1-6,12-16,18-21H,7H2/t12-,13-,14+,15-,16-/m0/s1. The van der Waals surface area contributed by atoms with Gasteiger partial charge in [-0.05, 0) is 35.0 Å². The number of halogens is 1. The molecular weight excluding hydrogens is 368 g/mol. The largest absolute Gasteiger partial charge is 0.462 e. The van der Waals surface area contributed by atoms with Crippen molar-refractivity contribution in [2.45, 2.75) is 30.7 Å². The lowest BCUT2D eigenvalue weighted by atomic mass is 9.99. The lowest BCUT2D eigenvalue weighted by molar-refractivity contribution is -0.277. The second-order valence-electron chi connectivity index (χ2n) is 5.47. The minimum Gasteiger partial charge on any atom is -0.462 e. The molecule has 4 N–H and O–H groups in total. The van der Waals surface area contributed by atoms with Crippen molar-refractivity contribution in [1.29, 1.82) is 0 Å². The van der Waals surface area contributed by atoms with Gasteiger partial charge < -0.3 is 29.9 Å². The molecule has 2 aromatic carbocycles. The minimum atomic E-state index is -1.46. The summed E-state index contributed by atoms with van der Waals surface area (Å²) in [6.07, 6.45) is -6.45. The summed E-state index contributed by atoms with van der Waals surface area (Å²) < 4.78 is 11.9. The van der Waals surface area contributed by atoms with Crippen LogP contribution in [0, 0.1) is 0 Å². The molecule has 1 aliphatic rings. The minimum absolute atomic E-state index is 0.448. The van der Waals surface area contributed by atoms with Gasteiger partial charge in [0.2, 0.25) is 6.29 Å². The third-order valence-electron chi connectivity index (χ3n) is 3.87. The predicted molar refractivity (Wildman–Crippen MR) is 86.0 cm³/mol. The van der Waals surface area contributed by atoms with Gasteiger partial charge in [-0.2, -0.15) is 0 Å². The van der Waals surface area contributed by atoms with Crippen LogP contribution in [0.25, 0.3) is 10.8 Å². The summed E-state index contributed by atoms with van der Waals surface area (Å²) in [5.41, 5.74) is 0. The van der Waals surface area contributed by atoms with Crippen LogP contribution in [0.2, 0.25) is 0 Å². The van der Waals surface area contributed by atoms with Crippen molar-refractivity contribution in [3.63, 3.8) is 0 Å². The highest BCUT2D eigenvalue weighted by atomic mass is 79.9. The number of fused-ring (bicyclic) bond motifs is 1.